The molecular formula is C20H25NO4. The molecule has 0 bridgehead atoms. The van der Waals surface area contributed by atoms with Crippen LogP contribution in [0.4, 0.5) is 0 Å². The smallest absolute Gasteiger partial charge is 0.340 e. The highest BCUT2D eigenvalue weighted by atomic mass is 16.5. The quantitative estimate of drug-likeness (QED) is 0.587. The Kier molecular flexibility index (Phi) is 6.02. The first-order valence-electron chi connectivity index (χ1n) is 8.45. The van der Waals surface area contributed by atoms with Crippen molar-refractivity contribution in [2.24, 2.45) is 5.92 Å². The maximum Gasteiger partial charge on any atom is 0.340 e. The van der Waals surface area contributed by atoms with Crippen molar-refractivity contribution in [3.05, 3.63) is 46.7 Å². The minimum atomic E-state index is -0.464. The number of ether oxygens (including phenoxy) is 2. The molecule has 0 aromatic heterocycles. The number of methoxy groups -OCH3 is 1. The highest BCUT2D eigenvalue weighted by Gasteiger charge is 2.37. The van der Waals surface area contributed by atoms with Gasteiger partial charge in [0.15, 0.2) is 0 Å². The summed E-state index contributed by atoms with van der Waals surface area (Å²) in [6, 6.07) is 7.36. The number of hydrogen-bond donors (Lipinski definition) is 0. The van der Waals surface area contributed by atoms with Gasteiger partial charge in [0, 0.05) is 12.2 Å². The fraction of sp³-hybridized carbons (Fsp3) is 0.400. The van der Waals surface area contributed by atoms with Crippen molar-refractivity contribution in [2.45, 2.75) is 27.7 Å². The number of carbonyl (C=O) groups excluding carboxylic acids is 2. The molecule has 1 amide bonds. The van der Waals surface area contributed by atoms with Crippen LogP contribution in [0.1, 0.15) is 33.3 Å². The molecule has 1 aromatic rings. The van der Waals surface area contributed by atoms with Gasteiger partial charge >= 0.3 is 5.97 Å². The van der Waals surface area contributed by atoms with Gasteiger partial charge in [-0.1, -0.05) is 26.0 Å². The molecule has 5 nitrogen and oxygen atoms in total. The van der Waals surface area contributed by atoms with Gasteiger partial charge in [-0.3, -0.25) is 4.79 Å². The number of allylic oxidation sites excluding steroid dienone is 1. The Morgan fingerprint density at radius 2 is 2.04 bits per heavy atom. The zero-order valence-corrected chi connectivity index (χ0v) is 15.5. The van der Waals surface area contributed by atoms with Crippen molar-refractivity contribution in [1.29, 1.82) is 0 Å². The first-order chi connectivity index (χ1) is 11.9. The molecule has 1 aromatic carbocycles. The van der Waals surface area contributed by atoms with Crippen molar-refractivity contribution < 1.29 is 19.1 Å². The van der Waals surface area contributed by atoms with Crippen LogP contribution in [0.2, 0.25) is 0 Å². The minimum Gasteiger partial charge on any atom is -0.497 e. The van der Waals surface area contributed by atoms with Gasteiger partial charge in [0.2, 0.25) is 0 Å². The van der Waals surface area contributed by atoms with Crippen LogP contribution in [0.5, 0.6) is 5.75 Å². The molecule has 0 N–H and O–H groups in total. The van der Waals surface area contributed by atoms with E-state index in [0.29, 0.717) is 35.1 Å². The standard InChI is InChI=1S/C20H25NO4/c1-6-25-20(23)18-14(4)21(12-13(2)3)19(22)17(18)11-15-8-7-9-16(10-15)24-5/h7-11,13H,6,12H2,1-5H3/b17-11-. The Bertz CT molecular complexity index is 731. The highest BCUT2D eigenvalue weighted by molar-refractivity contribution is 6.16. The van der Waals surface area contributed by atoms with Crippen LogP contribution >= 0.6 is 0 Å². The predicted octanol–water partition coefficient (Wildman–Crippen LogP) is 3.41. The van der Waals surface area contributed by atoms with Crippen molar-refractivity contribution in [2.75, 3.05) is 20.3 Å². The van der Waals surface area contributed by atoms with Crippen molar-refractivity contribution >= 4 is 18.0 Å². The Balaban J connectivity index is 2.50. The van der Waals surface area contributed by atoms with E-state index in [1.165, 1.54) is 0 Å². The summed E-state index contributed by atoms with van der Waals surface area (Å²) >= 11 is 0. The average Bonchev–Trinajstić information content (AvgIpc) is 2.79. The molecule has 2 rings (SSSR count). The van der Waals surface area contributed by atoms with Gasteiger partial charge in [0.05, 0.1) is 24.9 Å². The lowest BCUT2D eigenvalue weighted by molar-refractivity contribution is -0.138. The number of hydrogen-bond acceptors (Lipinski definition) is 4. The fourth-order valence-corrected chi connectivity index (χ4v) is 2.81. The number of amides is 1. The van der Waals surface area contributed by atoms with Crippen LogP contribution in [0.15, 0.2) is 41.1 Å². The van der Waals surface area contributed by atoms with Gasteiger partial charge in [-0.05, 0) is 43.5 Å². The lowest BCUT2D eigenvalue weighted by Gasteiger charge is -2.19. The van der Waals surface area contributed by atoms with E-state index in [1.807, 2.05) is 38.1 Å². The maximum atomic E-state index is 12.9. The minimum absolute atomic E-state index is 0.169. The molecule has 0 saturated carbocycles. The summed E-state index contributed by atoms with van der Waals surface area (Å²) in [5, 5.41) is 0. The van der Waals surface area contributed by atoms with E-state index in [9.17, 15) is 9.59 Å². The number of benzene rings is 1. The third-order valence-electron chi connectivity index (χ3n) is 3.94. The molecule has 0 unspecified atom stereocenters. The monoisotopic (exact) mass is 343 g/mol. The number of rotatable bonds is 6. The summed E-state index contributed by atoms with van der Waals surface area (Å²) in [7, 11) is 1.59. The average molecular weight is 343 g/mol. The Labute approximate surface area is 148 Å². The molecule has 0 atom stereocenters. The molecule has 134 valence electrons. The molecule has 0 spiro atoms. The van der Waals surface area contributed by atoms with Gasteiger partial charge in [0.25, 0.3) is 5.91 Å². The first-order valence-corrected chi connectivity index (χ1v) is 8.45. The maximum absolute atomic E-state index is 12.9. The Morgan fingerprint density at radius 1 is 1.32 bits per heavy atom. The molecule has 25 heavy (non-hydrogen) atoms. The SMILES string of the molecule is CCOC(=O)C1=C(C)N(CC(C)C)C(=O)/C1=C\c1cccc(OC)c1. The van der Waals surface area contributed by atoms with Crippen molar-refractivity contribution in [3.8, 4) is 5.75 Å². The molecular weight excluding hydrogens is 318 g/mol. The third-order valence-corrected chi connectivity index (χ3v) is 3.94. The van der Waals surface area contributed by atoms with Gasteiger partial charge in [-0.2, -0.15) is 0 Å². The first kappa shape index (κ1) is 18.8. The van der Waals surface area contributed by atoms with Crippen LogP contribution in [-0.2, 0) is 14.3 Å². The molecule has 1 aliphatic rings. The molecule has 1 aliphatic heterocycles. The zero-order chi connectivity index (χ0) is 18.6. The Hall–Kier alpha value is -2.56. The molecule has 0 aliphatic carbocycles. The van der Waals surface area contributed by atoms with Crippen LogP contribution in [0.25, 0.3) is 6.08 Å². The molecule has 0 saturated heterocycles. The van der Waals surface area contributed by atoms with Crippen LogP contribution in [0.3, 0.4) is 0 Å². The largest absolute Gasteiger partial charge is 0.497 e. The van der Waals surface area contributed by atoms with E-state index < -0.39 is 5.97 Å². The van der Waals surface area contributed by atoms with E-state index in [4.69, 9.17) is 9.47 Å². The zero-order valence-electron chi connectivity index (χ0n) is 15.5. The second kappa shape index (κ2) is 8.01. The second-order valence-corrected chi connectivity index (χ2v) is 6.33. The van der Waals surface area contributed by atoms with Gasteiger partial charge in [-0.15, -0.1) is 0 Å². The van der Waals surface area contributed by atoms with Crippen LogP contribution in [-0.4, -0.2) is 37.0 Å². The summed E-state index contributed by atoms with van der Waals surface area (Å²) in [6.07, 6.45) is 1.72. The van der Waals surface area contributed by atoms with Crippen molar-refractivity contribution in [1.82, 2.24) is 4.90 Å². The summed E-state index contributed by atoms with van der Waals surface area (Å²) in [4.78, 5) is 27.0. The third kappa shape index (κ3) is 4.10. The van der Waals surface area contributed by atoms with Gasteiger partial charge < -0.3 is 14.4 Å². The van der Waals surface area contributed by atoms with E-state index in [0.717, 1.165) is 5.56 Å². The summed E-state index contributed by atoms with van der Waals surface area (Å²) in [6.45, 7) is 8.44. The van der Waals surface area contributed by atoms with Crippen LogP contribution in [0, 0.1) is 5.92 Å². The van der Waals surface area contributed by atoms with Gasteiger partial charge in [0.1, 0.15) is 5.75 Å². The molecule has 0 fully saturated rings. The molecule has 1 heterocycles. The van der Waals surface area contributed by atoms with E-state index in [2.05, 4.69) is 0 Å². The van der Waals surface area contributed by atoms with Gasteiger partial charge in [-0.25, -0.2) is 4.79 Å². The summed E-state index contributed by atoms with van der Waals surface area (Å²) in [5.41, 5.74) is 2.15. The van der Waals surface area contributed by atoms with Crippen LogP contribution < -0.4 is 4.74 Å². The predicted molar refractivity (Wildman–Crippen MR) is 96.9 cm³/mol. The molecule has 5 heteroatoms. The normalized spacial score (nSPS) is 16.2. The van der Waals surface area contributed by atoms with Crippen molar-refractivity contribution in [3.63, 3.8) is 0 Å². The second-order valence-electron chi connectivity index (χ2n) is 6.33. The van der Waals surface area contributed by atoms with E-state index in [-0.39, 0.29) is 12.5 Å². The Morgan fingerprint density at radius 3 is 2.64 bits per heavy atom. The lowest BCUT2D eigenvalue weighted by atomic mass is 10.0. The van der Waals surface area contributed by atoms with E-state index in [1.54, 1.807) is 31.9 Å². The van der Waals surface area contributed by atoms with E-state index >= 15 is 0 Å². The highest BCUT2D eigenvalue weighted by Crippen LogP contribution is 2.32. The number of nitrogens with zero attached hydrogens (tertiary/aromatic N) is 1. The number of carbonyl (C=O) groups is 2. The lowest BCUT2D eigenvalue weighted by Crippen LogP contribution is -2.28. The fourth-order valence-electron chi connectivity index (χ4n) is 2.81. The topological polar surface area (TPSA) is 55.8 Å². The summed E-state index contributed by atoms with van der Waals surface area (Å²) in [5.74, 6) is 0.349. The molecule has 0 radical (unpaired) electrons. The number of esters is 1. The summed E-state index contributed by atoms with van der Waals surface area (Å²) < 4.78 is 10.4.